The lowest BCUT2D eigenvalue weighted by molar-refractivity contribution is 0.181. The number of carbonyl (C=O) groups excluding carboxylic acids is 1. The molecule has 1 aliphatic rings. The molecule has 102 valence electrons. The zero-order chi connectivity index (χ0) is 14.7. The molecular weight excluding hydrogens is 252 g/mol. The molecule has 3 N–H and O–H groups in total. The number of aliphatic hydroxyl groups is 1. The quantitative estimate of drug-likeness (QED) is 0.768. The smallest absolute Gasteiger partial charge is 0.323 e. The molecule has 1 unspecified atom stereocenters. The summed E-state index contributed by atoms with van der Waals surface area (Å²) in [5, 5.41) is 10.3. The zero-order valence-electron chi connectivity index (χ0n) is 11.2. The second-order valence-electron chi connectivity index (χ2n) is 4.46. The first-order chi connectivity index (χ1) is 9.60. The molecule has 2 amide bonds. The Balaban J connectivity index is 2.75. The van der Waals surface area contributed by atoms with Gasteiger partial charge in [0.15, 0.2) is 0 Å². The van der Waals surface area contributed by atoms with Crippen molar-refractivity contribution in [2.24, 2.45) is 5.73 Å². The summed E-state index contributed by atoms with van der Waals surface area (Å²) in [5.41, 5.74) is 7.78. The number of benzene rings is 1. The Morgan fingerprint density at radius 2 is 2.25 bits per heavy atom. The number of para-hydroxylation sites is 1. The fourth-order valence-corrected chi connectivity index (χ4v) is 2.35. The maximum Gasteiger partial charge on any atom is 0.323 e. The number of allylic oxidation sites excluding steroid dienone is 2. The van der Waals surface area contributed by atoms with Gasteiger partial charge in [-0.1, -0.05) is 30.2 Å². The predicted octanol–water partition coefficient (Wildman–Crippen LogP) is 2.47. The number of hydrogen-bond acceptors (Lipinski definition) is 2. The van der Waals surface area contributed by atoms with Crippen molar-refractivity contribution in [1.82, 2.24) is 0 Å². The van der Waals surface area contributed by atoms with Crippen LogP contribution in [0.4, 0.5) is 10.5 Å². The van der Waals surface area contributed by atoms with Crippen molar-refractivity contribution in [3.63, 3.8) is 0 Å². The van der Waals surface area contributed by atoms with Gasteiger partial charge in [0.25, 0.3) is 0 Å². The summed E-state index contributed by atoms with van der Waals surface area (Å²) in [5.74, 6) is 2.55. The van der Waals surface area contributed by atoms with E-state index in [1.54, 1.807) is 36.4 Å². The van der Waals surface area contributed by atoms with Gasteiger partial charge in [-0.05, 0) is 19.1 Å². The molecule has 2 rings (SSSR count). The minimum atomic E-state index is -0.762. The first-order valence-electron chi connectivity index (χ1n) is 6.29. The van der Waals surface area contributed by atoms with E-state index < -0.39 is 12.1 Å². The van der Waals surface area contributed by atoms with Gasteiger partial charge in [0, 0.05) is 17.6 Å². The van der Waals surface area contributed by atoms with Crippen molar-refractivity contribution in [2.75, 3.05) is 4.90 Å². The number of hydrogen-bond donors (Lipinski definition) is 2. The number of terminal acetylenes is 1. The molecule has 1 heterocycles. The maximum atomic E-state index is 11.9. The molecule has 0 fully saturated rings. The molecule has 0 aliphatic carbocycles. The van der Waals surface area contributed by atoms with E-state index in [-0.39, 0.29) is 6.42 Å². The van der Waals surface area contributed by atoms with Crippen LogP contribution in [0.2, 0.25) is 0 Å². The van der Waals surface area contributed by atoms with Gasteiger partial charge in [0.05, 0.1) is 17.5 Å². The number of amides is 2. The number of fused-ring (bicyclic) bond motifs is 1. The van der Waals surface area contributed by atoms with Crippen molar-refractivity contribution < 1.29 is 9.90 Å². The van der Waals surface area contributed by atoms with E-state index in [4.69, 9.17) is 12.2 Å². The van der Waals surface area contributed by atoms with Crippen molar-refractivity contribution in [1.29, 1.82) is 0 Å². The average Bonchev–Trinajstić information content (AvgIpc) is 2.55. The Kier molecular flexibility index (Phi) is 3.92. The van der Waals surface area contributed by atoms with Gasteiger partial charge >= 0.3 is 6.03 Å². The van der Waals surface area contributed by atoms with E-state index in [0.717, 1.165) is 0 Å². The fraction of sp³-hybridized carbons (Fsp3) is 0.188. The predicted molar refractivity (Wildman–Crippen MR) is 78.8 cm³/mol. The third-order valence-corrected chi connectivity index (χ3v) is 3.20. The standard InChI is InChI=1S/C16H16N2O2/c1-3-7-13-11(4-2)10-15(19)12-8-5-6-9-14(12)18(13)16(17)20/h2-3,5-9,15,19H,10H2,1H3,(H2,17,20)/b7-3-. The molecule has 0 radical (unpaired) electrons. The van der Waals surface area contributed by atoms with Crippen LogP contribution in [0.15, 0.2) is 47.7 Å². The summed E-state index contributed by atoms with van der Waals surface area (Å²) in [6.45, 7) is 1.83. The lowest BCUT2D eigenvalue weighted by Crippen LogP contribution is -2.35. The van der Waals surface area contributed by atoms with Crippen LogP contribution in [0.3, 0.4) is 0 Å². The van der Waals surface area contributed by atoms with E-state index in [1.165, 1.54) is 4.90 Å². The number of anilines is 1. The molecule has 20 heavy (non-hydrogen) atoms. The highest BCUT2D eigenvalue weighted by Crippen LogP contribution is 2.37. The zero-order valence-corrected chi connectivity index (χ0v) is 11.2. The van der Waals surface area contributed by atoms with E-state index in [1.807, 2.05) is 6.92 Å². The number of aliphatic hydroxyl groups excluding tert-OH is 1. The molecule has 1 aromatic carbocycles. The third-order valence-electron chi connectivity index (χ3n) is 3.20. The molecule has 0 saturated heterocycles. The van der Waals surface area contributed by atoms with Gasteiger partial charge in [0.1, 0.15) is 0 Å². The first-order valence-corrected chi connectivity index (χ1v) is 6.29. The Morgan fingerprint density at radius 3 is 2.85 bits per heavy atom. The number of nitrogens with zero attached hydrogens (tertiary/aromatic N) is 1. The van der Waals surface area contributed by atoms with Crippen LogP contribution in [0.1, 0.15) is 25.0 Å². The van der Waals surface area contributed by atoms with E-state index in [2.05, 4.69) is 5.92 Å². The van der Waals surface area contributed by atoms with Crippen LogP contribution in [-0.2, 0) is 0 Å². The summed E-state index contributed by atoms with van der Waals surface area (Å²) in [6.07, 6.45) is 8.55. The summed E-state index contributed by atoms with van der Waals surface area (Å²) in [7, 11) is 0. The van der Waals surface area contributed by atoms with Gasteiger partial charge in [0.2, 0.25) is 0 Å². The first kappa shape index (κ1) is 13.9. The van der Waals surface area contributed by atoms with E-state index in [9.17, 15) is 9.90 Å². The summed E-state index contributed by atoms with van der Waals surface area (Å²) < 4.78 is 0. The molecule has 4 heteroatoms. The Morgan fingerprint density at radius 1 is 1.55 bits per heavy atom. The number of primary amides is 1. The molecule has 0 spiro atoms. The van der Waals surface area contributed by atoms with Gasteiger partial charge in [-0.25, -0.2) is 4.79 Å². The normalized spacial score (nSPS) is 18.6. The minimum Gasteiger partial charge on any atom is -0.388 e. The fourth-order valence-electron chi connectivity index (χ4n) is 2.35. The van der Waals surface area contributed by atoms with Gasteiger partial charge in [-0.3, -0.25) is 4.90 Å². The number of nitrogens with two attached hydrogens (primary N) is 1. The highest BCUT2D eigenvalue weighted by Gasteiger charge is 2.28. The molecule has 4 nitrogen and oxygen atoms in total. The van der Waals surface area contributed by atoms with Gasteiger partial charge in [-0.2, -0.15) is 0 Å². The minimum absolute atomic E-state index is 0.275. The van der Waals surface area contributed by atoms with Gasteiger partial charge < -0.3 is 10.8 Å². The SMILES string of the molecule is C#CC1=C(/C=C\C)N(C(N)=O)c2ccccc2C(O)C1. The van der Waals surface area contributed by atoms with E-state index >= 15 is 0 Å². The molecule has 0 aromatic heterocycles. The van der Waals surface area contributed by atoms with Crippen LogP contribution < -0.4 is 10.6 Å². The number of urea groups is 1. The van der Waals surface area contributed by atoms with E-state index in [0.29, 0.717) is 22.5 Å². The van der Waals surface area contributed by atoms with Crippen molar-refractivity contribution in [3.05, 3.63) is 53.3 Å². The molecule has 1 aromatic rings. The van der Waals surface area contributed by atoms with Crippen molar-refractivity contribution in [3.8, 4) is 12.3 Å². The highest BCUT2D eigenvalue weighted by atomic mass is 16.3. The topological polar surface area (TPSA) is 66.6 Å². The molecule has 1 aliphatic heterocycles. The largest absolute Gasteiger partial charge is 0.388 e. The Bertz CT molecular complexity index is 638. The average molecular weight is 268 g/mol. The lowest BCUT2D eigenvalue weighted by atomic mass is 10.0. The molecule has 0 bridgehead atoms. The monoisotopic (exact) mass is 268 g/mol. The van der Waals surface area contributed by atoms with Crippen LogP contribution >= 0.6 is 0 Å². The van der Waals surface area contributed by atoms with Gasteiger partial charge in [-0.15, -0.1) is 6.42 Å². The molecular formula is C16H16N2O2. The number of rotatable bonds is 1. The lowest BCUT2D eigenvalue weighted by Gasteiger charge is -2.23. The number of carbonyl (C=O) groups is 1. The second-order valence-corrected chi connectivity index (χ2v) is 4.46. The van der Waals surface area contributed by atoms with Crippen molar-refractivity contribution >= 4 is 11.7 Å². The highest BCUT2D eigenvalue weighted by molar-refractivity contribution is 5.96. The third kappa shape index (κ3) is 2.31. The summed E-state index contributed by atoms with van der Waals surface area (Å²) in [4.78, 5) is 13.2. The molecule has 1 atom stereocenters. The van der Waals surface area contributed by atoms with Crippen LogP contribution in [-0.4, -0.2) is 11.1 Å². The van der Waals surface area contributed by atoms with Crippen LogP contribution in [0.5, 0.6) is 0 Å². The van der Waals surface area contributed by atoms with Crippen LogP contribution in [0.25, 0.3) is 0 Å². The van der Waals surface area contributed by atoms with Crippen LogP contribution in [0, 0.1) is 12.3 Å². The summed E-state index contributed by atoms with van der Waals surface area (Å²) >= 11 is 0. The summed E-state index contributed by atoms with van der Waals surface area (Å²) in [6, 6.07) is 6.47. The Labute approximate surface area is 118 Å². The van der Waals surface area contributed by atoms with Crippen molar-refractivity contribution in [2.45, 2.75) is 19.4 Å². The molecule has 0 saturated carbocycles. The second kappa shape index (κ2) is 5.64. The maximum absolute atomic E-state index is 11.9. The Hall–Kier alpha value is -2.51.